The predicted octanol–water partition coefficient (Wildman–Crippen LogP) is 2.57. The van der Waals surface area contributed by atoms with Crippen LogP contribution in [0.15, 0.2) is 53.4 Å². The number of ether oxygens (including phenoxy) is 1. The summed E-state index contributed by atoms with van der Waals surface area (Å²) in [6, 6.07) is 11.6. The number of carbonyl (C=O) groups is 1. The molecular weight excluding hydrogens is 421 g/mol. The van der Waals surface area contributed by atoms with Crippen LogP contribution in [-0.2, 0) is 10.0 Å². The highest BCUT2D eigenvalue weighted by atomic mass is 35.5. The molecule has 2 aromatic carbocycles. The Morgan fingerprint density at radius 3 is 2.38 bits per heavy atom. The molecule has 0 atom stereocenters. The zero-order valence-electron chi connectivity index (χ0n) is 15.6. The molecule has 1 N–H and O–H groups in total. The van der Waals surface area contributed by atoms with Crippen LogP contribution in [0.1, 0.15) is 0 Å². The van der Waals surface area contributed by atoms with E-state index in [1.165, 1.54) is 40.7 Å². The molecule has 29 heavy (non-hydrogen) atoms. The molecule has 156 valence electrons. The number of amides is 2. The van der Waals surface area contributed by atoms with Crippen LogP contribution in [0.4, 0.5) is 9.18 Å². The van der Waals surface area contributed by atoms with E-state index in [0.717, 1.165) is 0 Å². The van der Waals surface area contributed by atoms with Gasteiger partial charge in [0.15, 0.2) is 0 Å². The maximum atomic E-state index is 12.8. The van der Waals surface area contributed by atoms with Gasteiger partial charge in [0.1, 0.15) is 23.1 Å². The predicted molar refractivity (Wildman–Crippen MR) is 107 cm³/mol. The molecule has 0 unspecified atom stereocenters. The van der Waals surface area contributed by atoms with Crippen LogP contribution in [0.2, 0.25) is 5.02 Å². The minimum Gasteiger partial charge on any atom is -0.492 e. The van der Waals surface area contributed by atoms with Crippen LogP contribution in [-0.4, -0.2) is 63.0 Å². The summed E-state index contributed by atoms with van der Waals surface area (Å²) in [4.78, 5) is 13.9. The quantitative estimate of drug-likeness (QED) is 0.699. The molecule has 1 heterocycles. The summed E-state index contributed by atoms with van der Waals surface area (Å²) in [5.74, 6) is 0.167. The van der Waals surface area contributed by atoms with E-state index in [1.54, 1.807) is 17.0 Å². The molecule has 0 aliphatic carbocycles. The summed E-state index contributed by atoms with van der Waals surface area (Å²) in [5.41, 5.74) is 0. The molecular formula is C19H21ClFN3O4S. The van der Waals surface area contributed by atoms with Gasteiger partial charge >= 0.3 is 6.03 Å². The summed E-state index contributed by atoms with van der Waals surface area (Å²) in [6.45, 7) is 1.43. The highest BCUT2D eigenvalue weighted by molar-refractivity contribution is 7.89. The summed E-state index contributed by atoms with van der Waals surface area (Å²) in [5, 5.41) is 2.90. The van der Waals surface area contributed by atoms with E-state index in [-0.39, 0.29) is 61.1 Å². The van der Waals surface area contributed by atoms with Gasteiger partial charge in [-0.25, -0.2) is 17.6 Å². The first-order chi connectivity index (χ1) is 13.9. The third kappa shape index (κ3) is 5.37. The third-order valence-corrected chi connectivity index (χ3v) is 6.84. The molecule has 7 nitrogen and oxygen atoms in total. The van der Waals surface area contributed by atoms with E-state index in [9.17, 15) is 17.6 Å². The van der Waals surface area contributed by atoms with Crippen LogP contribution in [0.3, 0.4) is 0 Å². The summed E-state index contributed by atoms with van der Waals surface area (Å²) in [7, 11) is -3.70. The average Bonchev–Trinajstić information content (AvgIpc) is 2.72. The summed E-state index contributed by atoms with van der Waals surface area (Å²) < 4.78 is 45.1. The number of nitrogens with zero attached hydrogens (tertiary/aromatic N) is 2. The minimum absolute atomic E-state index is 0.0671. The Labute approximate surface area is 174 Å². The van der Waals surface area contributed by atoms with Crippen molar-refractivity contribution in [3.05, 3.63) is 59.4 Å². The van der Waals surface area contributed by atoms with Gasteiger partial charge in [-0.2, -0.15) is 4.31 Å². The molecule has 1 aliphatic heterocycles. The standard InChI is InChI=1S/C19H21ClFN3O4S/c20-17-3-1-2-4-18(17)29(26,27)24-12-10-23(11-13-24)19(25)22-9-14-28-16-7-5-15(21)6-8-16/h1-8H,9-14H2,(H,22,25). The van der Waals surface area contributed by atoms with E-state index in [4.69, 9.17) is 16.3 Å². The molecule has 0 bridgehead atoms. The lowest BCUT2D eigenvalue weighted by Gasteiger charge is -2.34. The van der Waals surface area contributed by atoms with Gasteiger partial charge in [0.25, 0.3) is 0 Å². The molecule has 1 saturated heterocycles. The first-order valence-electron chi connectivity index (χ1n) is 9.04. The van der Waals surface area contributed by atoms with E-state index in [0.29, 0.717) is 5.75 Å². The fourth-order valence-electron chi connectivity index (χ4n) is 2.89. The number of halogens is 2. The van der Waals surface area contributed by atoms with Crippen molar-refractivity contribution < 1.29 is 22.3 Å². The van der Waals surface area contributed by atoms with Gasteiger partial charge in [0.2, 0.25) is 10.0 Å². The number of hydrogen-bond donors (Lipinski definition) is 1. The molecule has 0 saturated carbocycles. The fraction of sp³-hybridized carbons (Fsp3) is 0.316. The van der Waals surface area contributed by atoms with E-state index >= 15 is 0 Å². The number of urea groups is 1. The van der Waals surface area contributed by atoms with Crippen LogP contribution in [0.5, 0.6) is 5.75 Å². The number of piperazine rings is 1. The number of hydrogen-bond acceptors (Lipinski definition) is 4. The molecule has 3 rings (SSSR count). The number of rotatable bonds is 6. The maximum Gasteiger partial charge on any atom is 0.317 e. The SMILES string of the molecule is O=C(NCCOc1ccc(F)cc1)N1CCN(S(=O)(=O)c2ccccc2Cl)CC1. The van der Waals surface area contributed by atoms with Crippen molar-refractivity contribution in [1.29, 1.82) is 0 Å². The van der Waals surface area contributed by atoms with Crippen molar-refractivity contribution >= 4 is 27.7 Å². The van der Waals surface area contributed by atoms with Crippen molar-refractivity contribution in [2.45, 2.75) is 4.90 Å². The van der Waals surface area contributed by atoms with Gasteiger partial charge in [-0.3, -0.25) is 0 Å². The van der Waals surface area contributed by atoms with E-state index in [1.807, 2.05) is 0 Å². The lowest BCUT2D eigenvalue weighted by molar-refractivity contribution is 0.170. The topological polar surface area (TPSA) is 79.0 Å². The number of benzene rings is 2. The number of sulfonamides is 1. The highest BCUT2D eigenvalue weighted by Gasteiger charge is 2.31. The zero-order valence-corrected chi connectivity index (χ0v) is 17.1. The Kier molecular flexibility index (Phi) is 6.94. The Morgan fingerprint density at radius 1 is 1.07 bits per heavy atom. The first-order valence-corrected chi connectivity index (χ1v) is 10.9. The maximum absolute atomic E-state index is 12.8. The van der Waals surface area contributed by atoms with Crippen LogP contribution >= 0.6 is 11.6 Å². The summed E-state index contributed by atoms with van der Waals surface area (Å²) in [6.07, 6.45) is 0. The van der Waals surface area contributed by atoms with Crippen molar-refractivity contribution in [2.24, 2.45) is 0 Å². The highest BCUT2D eigenvalue weighted by Crippen LogP contribution is 2.25. The molecule has 2 aromatic rings. The molecule has 0 radical (unpaired) electrons. The summed E-state index contributed by atoms with van der Waals surface area (Å²) >= 11 is 6.02. The second-order valence-corrected chi connectivity index (χ2v) is 8.67. The molecule has 10 heteroatoms. The smallest absolute Gasteiger partial charge is 0.317 e. The first kappa shape index (κ1) is 21.4. The lowest BCUT2D eigenvalue weighted by atomic mass is 10.3. The van der Waals surface area contributed by atoms with Crippen molar-refractivity contribution in [2.75, 3.05) is 39.3 Å². The Hall–Kier alpha value is -2.36. The largest absolute Gasteiger partial charge is 0.492 e. The van der Waals surface area contributed by atoms with Crippen molar-refractivity contribution in [3.8, 4) is 5.75 Å². The third-order valence-electron chi connectivity index (χ3n) is 4.44. The molecule has 0 spiro atoms. The van der Waals surface area contributed by atoms with E-state index < -0.39 is 10.0 Å². The fourth-order valence-corrected chi connectivity index (χ4v) is 4.81. The van der Waals surface area contributed by atoms with Gasteiger partial charge < -0.3 is 15.0 Å². The molecule has 0 aromatic heterocycles. The lowest BCUT2D eigenvalue weighted by Crippen LogP contribution is -2.53. The van der Waals surface area contributed by atoms with Gasteiger partial charge in [0, 0.05) is 26.2 Å². The van der Waals surface area contributed by atoms with Crippen LogP contribution in [0, 0.1) is 5.82 Å². The van der Waals surface area contributed by atoms with Gasteiger partial charge in [-0.05, 0) is 36.4 Å². The monoisotopic (exact) mass is 441 g/mol. The molecule has 2 amide bonds. The van der Waals surface area contributed by atoms with Crippen LogP contribution < -0.4 is 10.1 Å². The van der Waals surface area contributed by atoms with Crippen molar-refractivity contribution in [1.82, 2.24) is 14.5 Å². The number of carbonyl (C=O) groups excluding carboxylic acids is 1. The normalized spacial score (nSPS) is 15.2. The Morgan fingerprint density at radius 2 is 1.72 bits per heavy atom. The second kappa shape index (κ2) is 9.43. The Bertz CT molecular complexity index is 948. The number of nitrogens with one attached hydrogen (secondary N) is 1. The van der Waals surface area contributed by atoms with Gasteiger partial charge in [-0.1, -0.05) is 23.7 Å². The van der Waals surface area contributed by atoms with Crippen molar-refractivity contribution in [3.63, 3.8) is 0 Å². The Balaban J connectivity index is 1.44. The second-order valence-electron chi connectivity index (χ2n) is 6.36. The van der Waals surface area contributed by atoms with E-state index in [2.05, 4.69) is 5.32 Å². The van der Waals surface area contributed by atoms with Gasteiger partial charge in [0.05, 0.1) is 11.6 Å². The average molecular weight is 442 g/mol. The zero-order chi connectivity index (χ0) is 20.9. The molecule has 1 fully saturated rings. The molecule has 1 aliphatic rings. The minimum atomic E-state index is -3.70. The van der Waals surface area contributed by atoms with Gasteiger partial charge in [-0.15, -0.1) is 0 Å². The van der Waals surface area contributed by atoms with Crippen LogP contribution in [0.25, 0.3) is 0 Å².